The van der Waals surface area contributed by atoms with E-state index in [1.165, 1.54) is 0 Å². The maximum Gasteiger partial charge on any atom is 0.490 e. The number of hydrogen-bond donors (Lipinski definition) is 1. The number of halogens is 3. The fourth-order valence-corrected chi connectivity index (χ4v) is 3.79. The minimum atomic E-state index is -5.08. The summed E-state index contributed by atoms with van der Waals surface area (Å²) in [6.45, 7) is 3.51. The number of nitrogens with zero attached hydrogens (tertiary/aromatic N) is 2. The molecule has 1 amide bonds. The Morgan fingerprint density at radius 2 is 1.94 bits per heavy atom. The summed E-state index contributed by atoms with van der Waals surface area (Å²) in [7, 11) is 0. The Balaban J connectivity index is 0.000000360. The molecule has 2 aromatic rings. The molecule has 2 fully saturated rings. The Hall–Kier alpha value is -2.92. The third-order valence-corrected chi connectivity index (χ3v) is 5.34. The number of furan rings is 1. The second kappa shape index (κ2) is 10.1. The number of rotatable bonds is 4. The van der Waals surface area contributed by atoms with Gasteiger partial charge >= 0.3 is 12.1 Å². The van der Waals surface area contributed by atoms with E-state index in [0.717, 1.165) is 18.4 Å². The number of pyridine rings is 1. The lowest BCUT2D eigenvalue weighted by molar-refractivity contribution is -0.192. The number of carbonyl (C=O) groups is 2. The number of amides is 1. The van der Waals surface area contributed by atoms with E-state index >= 15 is 0 Å². The number of aryl methyl sites for hydroxylation is 1. The molecular weight excluding hydrogens is 433 g/mol. The van der Waals surface area contributed by atoms with Gasteiger partial charge in [0.25, 0.3) is 5.91 Å². The van der Waals surface area contributed by atoms with Crippen LogP contribution in [0.5, 0.6) is 0 Å². The normalized spacial score (nSPS) is 22.6. The number of fused-ring (bicyclic) bond motifs is 1. The van der Waals surface area contributed by atoms with Crippen LogP contribution in [0.3, 0.4) is 0 Å². The number of aliphatic carboxylic acids is 1. The van der Waals surface area contributed by atoms with Gasteiger partial charge in [0.2, 0.25) is 0 Å². The first-order valence-corrected chi connectivity index (χ1v) is 9.95. The molecule has 11 heteroatoms. The van der Waals surface area contributed by atoms with Crippen LogP contribution in [0.4, 0.5) is 13.2 Å². The molecule has 0 aromatic carbocycles. The standard InChI is InChI=1S/C19H22N2O4.C2HF3O2/c1-13-15(6-10-23-13)19(22)21-9-11-24-18-16(21)2-3-17(18)25-12-14-4-7-20-8-5-14;3-2(4,5)1(6)7/h4-8,10,16-18H,2-3,9,11-12H2,1H3;(H,6,7)/t16-,17+,18+;/m0./s1. The van der Waals surface area contributed by atoms with Crippen LogP contribution in [0.15, 0.2) is 41.3 Å². The molecule has 3 heterocycles. The number of morpholine rings is 1. The third-order valence-electron chi connectivity index (χ3n) is 5.34. The molecule has 1 saturated heterocycles. The van der Waals surface area contributed by atoms with Crippen LogP contribution in [-0.4, -0.2) is 64.4 Å². The number of carboxylic acids is 1. The topological polar surface area (TPSA) is 102 Å². The fraction of sp³-hybridized carbons (Fsp3) is 0.476. The molecule has 0 radical (unpaired) electrons. The first kappa shape index (κ1) is 23.7. The van der Waals surface area contributed by atoms with Crippen molar-refractivity contribution in [3.05, 3.63) is 53.7 Å². The summed E-state index contributed by atoms with van der Waals surface area (Å²) < 4.78 is 49.1. The summed E-state index contributed by atoms with van der Waals surface area (Å²) in [5, 5.41) is 7.12. The van der Waals surface area contributed by atoms with Crippen molar-refractivity contribution in [1.82, 2.24) is 9.88 Å². The number of aromatic nitrogens is 1. The SMILES string of the molecule is Cc1occc1C(=O)N1CCO[C@H]2[C@H](OCc3ccncc3)CC[C@@H]21.O=C(O)C(F)(F)F. The van der Waals surface area contributed by atoms with Gasteiger partial charge in [0.05, 0.1) is 37.2 Å². The van der Waals surface area contributed by atoms with Crippen LogP contribution < -0.4 is 0 Å². The molecule has 1 saturated carbocycles. The molecule has 0 unspecified atom stereocenters. The lowest BCUT2D eigenvalue weighted by Gasteiger charge is -2.39. The zero-order valence-corrected chi connectivity index (χ0v) is 17.2. The highest BCUT2D eigenvalue weighted by Crippen LogP contribution is 2.33. The van der Waals surface area contributed by atoms with Gasteiger partial charge < -0.3 is 23.9 Å². The first-order valence-electron chi connectivity index (χ1n) is 9.95. The van der Waals surface area contributed by atoms with Gasteiger partial charge in [-0.25, -0.2) is 4.79 Å². The molecule has 1 aliphatic carbocycles. The van der Waals surface area contributed by atoms with Gasteiger partial charge in [-0.2, -0.15) is 13.2 Å². The van der Waals surface area contributed by atoms with Gasteiger partial charge in [-0.1, -0.05) is 0 Å². The van der Waals surface area contributed by atoms with E-state index in [1.54, 1.807) is 24.7 Å². The van der Waals surface area contributed by atoms with Crippen molar-refractivity contribution in [2.75, 3.05) is 13.2 Å². The van der Waals surface area contributed by atoms with Crippen LogP contribution >= 0.6 is 0 Å². The van der Waals surface area contributed by atoms with Crippen LogP contribution in [0.25, 0.3) is 0 Å². The first-order chi connectivity index (χ1) is 15.2. The van der Waals surface area contributed by atoms with Crippen molar-refractivity contribution in [1.29, 1.82) is 0 Å². The number of carboxylic acid groups (broad SMARTS) is 1. The molecule has 0 bridgehead atoms. The zero-order valence-electron chi connectivity index (χ0n) is 17.2. The monoisotopic (exact) mass is 456 g/mol. The van der Waals surface area contributed by atoms with Gasteiger partial charge in [0, 0.05) is 18.9 Å². The molecule has 2 aliphatic rings. The third kappa shape index (κ3) is 5.65. The molecule has 1 N–H and O–H groups in total. The van der Waals surface area contributed by atoms with Gasteiger partial charge in [-0.3, -0.25) is 9.78 Å². The highest BCUT2D eigenvalue weighted by atomic mass is 19.4. The summed E-state index contributed by atoms with van der Waals surface area (Å²) in [4.78, 5) is 27.7. The molecule has 3 atom stereocenters. The van der Waals surface area contributed by atoms with Crippen molar-refractivity contribution in [3.8, 4) is 0 Å². The highest BCUT2D eigenvalue weighted by molar-refractivity contribution is 5.95. The Kier molecular flexibility index (Phi) is 7.52. The minimum Gasteiger partial charge on any atom is -0.475 e. The molecule has 32 heavy (non-hydrogen) atoms. The van der Waals surface area contributed by atoms with E-state index in [0.29, 0.717) is 31.1 Å². The summed E-state index contributed by atoms with van der Waals surface area (Å²) in [6, 6.07) is 5.71. The summed E-state index contributed by atoms with van der Waals surface area (Å²) in [6.07, 6.45) is 1.76. The smallest absolute Gasteiger partial charge is 0.475 e. The Morgan fingerprint density at radius 1 is 1.25 bits per heavy atom. The van der Waals surface area contributed by atoms with Crippen LogP contribution in [0, 0.1) is 6.92 Å². The van der Waals surface area contributed by atoms with E-state index in [1.807, 2.05) is 24.0 Å². The van der Waals surface area contributed by atoms with Crippen LogP contribution in [0.2, 0.25) is 0 Å². The molecule has 2 aromatic heterocycles. The largest absolute Gasteiger partial charge is 0.490 e. The summed E-state index contributed by atoms with van der Waals surface area (Å²) >= 11 is 0. The van der Waals surface area contributed by atoms with Gasteiger partial charge in [0.1, 0.15) is 11.9 Å². The van der Waals surface area contributed by atoms with Gasteiger partial charge in [-0.15, -0.1) is 0 Å². The Labute approximate surface area is 181 Å². The number of alkyl halides is 3. The van der Waals surface area contributed by atoms with E-state index in [2.05, 4.69) is 4.98 Å². The predicted octanol–water partition coefficient (Wildman–Crippen LogP) is 3.21. The number of ether oxygens (including phenoxy) is 2. The van der Waals surface area contributed by atoms with Crippen molar-refractivity contribution in [2.24, 2.45) is 0 Å². The predicted molar refractivity (Wildman–Crippen MR) is 104 cm³/mol. The second-order valence-electron chi connectivity index (χ2n) is 7.38. The van der Waals surface area contributed by atoms with Crippen molar-refractivity contribution >= 4 is 11.9 Å². The van der Waals surface area contributed by atoms with Gasteiger partial charge in [-0.05, 0) is 43.5 Å². The lowest BCUT2D eigenvalue weighted by atomic mass is 10.1. The molecule has 174 valence electrons. The van der Waals surface area contributed by atoms with Crippen LogP contribution in [-0.2, 0) is 20.9 Å². The maximum atomic E-state index is 12.9. The minimum absolute atomic E-state index is 0.0132. The molecule has 0 spiro atoms. The van der Waals surface area contributed by atoms with Crippen molar-refractivity contribution < 1.29 is 41.8 Å². The second-order valence-corrected chi connectivity index (χ2v) is 7.38. The summed E-state index contributed by atoms with van der Waals surface area (Å²) in [5.41, 5.74) is 1.73. The quantitative estimate of drug-likeness (QED) is 0.754. The van der Waals surface area contributed by atoms with Gasteiger partial charge in [0.15, 0.2) is 0 Å². The van der Waals surface area contributed by atoms with E-state index in [9.17, 15) is 18.0 Å². The van der Waals surface area contributed by atoms with Crippen molar-refractivity contribution in [2.45, 2.75) is 50.8 Å². The maximum absolute atomic E-state index is 12.9. The fourth-order valence-electron chi connectivity index (χ4n) is 3.79. The number of carbonyl (C=O) groups excluding carboxylic acids is 1. The lowest BCUT2D eigenvalue weighted by Crippen LogP contribution is -2.53. The van der Waals surface area contributed by atoms with E-state index in [-0.39, 0.29) is 24.2 Å². The molecule has 1 aliphatic heterocycles. The highest BCUT2D eigenvalue weighted by Gasteiger charge is 2.45. The van der Waals surface area contributed by atoms with E-state index < -0.39 is 12.1 Å². The molecule has 4 rings (SSSR count). The zero-order chi connectivity index (χ0) is 23.3. The van der Waals surface area contributed by atoms with Crippen LogP contribution in [0.1, 0.15) is 34.5 Å². The molecular formula is C21H23F3N2O6. The van der Waals surface area contributed by atoms with E-state index in [4.69, 9.17) is 23.8 Å². The average molecular weight is 456 g/mol. The Bertz CT molecular complexity index is 918. The van der Waals surface area contributed by atoms with Crippen molar-refractivity contribution in [3.63, 3.8) is 0 Å². The summed E-state index contributed by atoms with van der Waals surface area (Å²) in [5.74, 6) is -2.07. The Morgan fingerprint density at radius 3 is 2.53 bits per heavy atom. The molecule has 8 nitrogen and oxygen atoms in total. The average Bonchev–Trinajstić information content (AvgIpc) is 3.38. The number of hydrogen-bond acceptors (Lipinski definition) is 6.